The second kappa shape index (κ2) is 7.83. The third kappa shape index (κ3) is 4.25. The monoisotopic (exact) mass is 226 g/mol. The largest absolute Gasteiger partial charge is 0.385 e. The second-order valence-corrected chi connectivity index (χ2v) is 5.00. The number of hydrogen-bond acceptors (Lipinski definition) is 2. The zero-order chi connectivity index (χ0) is 11.8. The molecule has 1 saturated carbocycles. The van der Waals surface area contributed by atoms with Crippen LogP contribution in [0.5, 0.6) is 0 Å². The van der Waals surface area contributed by atoms with Crippen LogP contribution in [-0.2, 0) is 9.53 Å². The topological polar surface area (TPSA) is 26.3 Å². The van der Waals surface area contributed by atoms with Crippen molar-refractivity contribution in [3.8, 4) is 0 Å². The van der Waals surface area contributed by atoms with Gasteiger partial charge in [-0.3, -0.25) is 4.79 Å². The van der Waals surface area contributed by atoms with Crippen molar-refractivity contribution >= 4 is 5.78 Å². The van der Waals surface area contributed by atoms with E-state index in [0.29, 0.717) is 17.6 Å². The highest BCUT2D eigenvalue weighted by Gasteiger charge is 2.31. The summed E-state index contributed by atoms with van der Waals surface area (Å²) < 4.78 is 5.12. The third-order valence-corrected chi connectivity index (χ3v) is 3.79. The van der Waals surface area contributed by atoms with Crippen molar-refractivity contribution in [3.05, 3.63) is 0 Å². The van der Waals surface area contributed by atoms with Crippen molar-refractivity contribution in [2.45, 2.75) is 58.3 Å². The first-order valence-electron chi connectivity index (χ1n) is 6.81. The van der Waals surface area contributed by atoms with E-state index in [4.69, 9.17) is 4.74 Å². The average molecular weight is 226 g/mol. The lowest BCUT2D eigenvalue weighted by Gasteiger charge is -2.17. The lowest BCUT2D eigenvalue weighted by atomic mass is 9.87. The number of ether oxygens (including phenoxy) is 1. The van der Waals surface area contributed by atoms with Gasteiger partial charge < -0.3 is 4.74 Å². The fourth-order valence-corrected chi connectivity index (χ4v) is 2.81. The van der Waals surface area contributed by atoms with Crippen LogP contribution in [0.2, 0.25) is 0 Å². The van der Waals surface area contributed by atoms with Crippen molar-refractivity contribution < 1.29 is 9.53 Å². The summed E-state index contributed by atoms with van der Waals surface area (Å²) in [5.41, 5.74) is 0. The maximum absolute atomic E-state index is 12.1. The van der Waals surface area contributed by atoms with Gasteiger partial charge in [0.15, 0.2) is 0 Å². The van der Waals surface area contributed by atoms with Gasteiger partial charge in [-0.1, -0.05) is 26.2 Å². The molecule has 0 heterocycles. The van der Waals surface area contributed by atoms with Crippen molar-refractivity contribution in [2.24, 2.45) is 11.8 Å². The van der Waals surface area contributed by atoms with Gasteiger partial charge in [0, 0.05) is 26.1 Å². The highest BCUT2D eigenvalue weighted by Crippen LogP contribution is 2.35. The molecule has 2 unspecified atom stereocenters. The molecule has 0 aromatic heterocycles. The molecule has 1 rings (SSSR count). The minimum Gasteiger partial charge on any atom is -0.385 e. The molecule has 16 heavy (non-hydrogen) atoms. The molecule has 2 nitrogen and oxygen atoms in total. The summed E-state index contributed by atoms with van der Waals surface area (Å²) in [5, 5.41) is 0. The lowest BCUT2D eigenvalue weighted by molar-refractivity contribution is -0.124. The first-order valence-corrected chi connectivity index (χ1v) is 6.81. The van der Waals surface area contributed by atoms with Gasteiger partial charge in [-0.05, 0) is 31.6 Å². The fraction of sp³-hybridized carbons (Fsp3) is 0.929. The van der Waals surface area contributed by atoms with Gasteiger partial charge in [-0.2, -0.15) is 0 Å². The molecule has 1 fully saturated rings. The summed E-state index contributed by atoms with van der Waals surface area (Å²) in [7, 11) is 1.74. The Kier molecular flexibility index (Phi) is 6.70. The molecule has 0 amide bonds. The van der Waals surface area contributed by atoms with Gasteiger partial charge in [0.25, 0.3) is 0 Å². The predicted octanol–water partition coefficient (Wildman–Crippen LogP) is 3.59. The smallest absolute Gasteiger partial charge is 0.136 e. The Labute approximate surface area is 99.8 Å². The molecule has 1 aliphatic carbocycles. The molecule has 2 atom stereocenters. The normalized spacial score (nSPS) is 24.9. The molecular weight excluding hydrogens is 200 g/mol. The summed E-state index contributed by atoms with van der Waals surface area (Å²) in [4.78, 5) is 12.1. The zero-order valence-electron chi connectivity index (χ0n) is 10.8. The quantitative estimate of drug-likeness (QED) is 0.591. The van der Waals surface area contributed by atoms with Gasteiger partial charge in [0.2, 0.25) is 0 Å². The number of carbonyl (C=O) groups is 1. The average Bonchev–Trinajstić information content (AvgIpc) is 2.74. The molecule has 1 aliphatic rings. The van der Waals surface area contributed by atoms with Gasteiger partial charge in [0.1, 0.15) is 5.78 Å². The molecule has 0 aliphatic heterocycles. The van der Waals surface area contributed by atoms with Crippen LogP contribution in [0.4, 0.5) is 0 Å². The predicted molar refractivity (Wildman–Crippen MR) is 66.5 cm³/mol. The standard InChI is InChI=1S/C14H26O2/c1-3-4-5-9-14(15)13-8-6-7-12(13)10-11-16-2/h12-13H,3-11H2,1-2H3. The van der Waals surface area contributed by atoms with E-state index in [1.54, 1.807) is 7.11 Å². The van der Waals surface area contributed by atoms with Crippen LogP contribution in [0.1, 0.15) is 58.3 Å². The van der Waals surface area contributed by atoms with Gasteiger partial charge in [0.05, 0.1) is 0 Å². The first-order chi connectivity index (χ1) is 7.79. The highest BCUT2D eigenvalue weighted by molar-refractivity contribution is 5.81. The molecule has 94 valence electrons. The number of Topliss-reactive ketones (excluding diaryl/α,β-unsaturated/α-hetero) is 1. The van der Waals surface area contributed by atoms with Gasteiger partial charge in [-0.15, -0.1) is 0 Å². The Hall–Kier alpha value is -0.370. The minimum atomic E-state index is 0.354. The van der Waals surface area contributed by atoms with E-state index in [1.807, 2.05) is 0 Å². The van der Waals surface area contributed by atoms with Crippen molar-refractivity contribution in [1.29, 1.82) is 0 Å². The molecular formula is C14H26O2. The van der Waals surface area contributed by atoms with Crippen molar-refractivity contribution in [3.63, 3.8) is 0 Å². The Morgan fingerprint density at radius 3 is 2.81 bits per heavy atom. The molecule has 0 radical (unpaired) electrons. The van der Waals surface area contributed by atoms with Crippen LogP contribution in [-0.4, -0.2) is 19.5 Å². The number of rotatable bonds is 8. The number of hydrogen-bond donors (Lipinski definition) is 0. The summed E-state index contributed by atoms with van der Waals surface area (Å²) >= 11 is 0. The van der Waals surface area contributed by atoms with Crippen LogP contribution < -0.4 is 0 Å². The lowest BCUT2D eigenvalue weighted by Crippen LogP contribution is -2.20. The van der Waals surface area contributed by atoms with Crippen molar-refractivity contribution in [2.75, 3.05) is 13.7 Å². The van der Waals surface area contributed by atoms with Gasteiger partial charge >= 0.3 is 0 Å². The van der Waals surface area contributed by atoms with E-state index in [0.717, 1.165) is 32.3 Å². The summed E-state index contributed by atoms with van der Waals surface area (Å²) in [6.07, 6.45) is 8.95. The molecule has 0 spiro atoms. The first kappa shape index (κ1) is 13.7. The van der Waals surface area contributed by atoms with Crippen LogP contribution in [0, 0.1) is 11.8 Å². The maximum atomic E-state index is 12.1. The molecule has 0 aromatic carbocycles. The molecule has 0 aromatic rings. The number of ketones is 1. The van der Waals surface area contributed by atoms with E-state index in [1.165, 1.54) is 25.7 Å². The molecule has 0 saturated heterocycles. The minimum absolute atomic E-state index is 0.354. The van der Waals surface area contributed by atoms with E-state index in [-0.39, 0.29) is 0 Å². The highest BCUT2D eigenvalue weighted by atomic mass is 16.5. The summed E-state index contributed by atoms with van der Waals surface area (Å²) in [5.74, 6) is 1.48. The SMILES string of the molecule is CCCCCC(=O)C1CCCC1CCOC. The number of methoxy groups -OCH3 is 1. The van der Waals surface area contributed by atoms with Crippen LogP contribution in [0.25, 0.3) is 0 Å². The number of carbonyl (C=O) groups excluding carboxylic acids is 1. The molecule has 2 heteroatoms. The second-order valence-electron chi connectivity index (χ2n) is 5.00. The van der Waals surface area contributed by atoms with E-state index < -0.39 is 0 Å². The van der Waals surface area contributed by atoms with E-state index in [2.05, 4.69) is 6.92 Å². The summed E-state index contributed by atoms with van der Waals surface area (Å²) in [6.45, 7) is 2.99. The summed E-state index contributed by atoms with van der Waals surface area (Å²) in [6, 6.07) is 0. The Morgan fingerprint density at radius 2 is 2.12 bits per heavy atom. The van der Waals surface area contributed by atoms with E-state index >= 15 is 0 Å². The van der Waals surface area contributed by atoms with E-state index in [9.17, 15) is 4.79 Å². The van der Waals surface area contributed by atoms with Crippen LogP contribution in [0.15, 0.2) is 0 Å². The van der Waals surface area contributed by atoms with Crippen molar-refractivity contribution in [1.82, 2.24) is 0 Å². The van der Waals surface area contributed by atoms with Crippen LogP contribution >= 0.6 is 0 Å². The fourth-order valence-electron chi connectivity index (χ4n) is 2.81. The number of unbranched alkanes of at least 4 members (excludes halogenated alkanes) is 2. The Morgan fingerprint density at radius 1 is 1.31 bits per heavy atom. The van der Waals surface area contributed by atoms with Gasteiger partial charge in [-0.25, -0.2) is 0 Å². The molecule has 0 bridgehead atoms. The van der Waals surface area contributed by atoms with Crippen LogP contribution in [0.3, 0.4) is 0 Å². The maximum Gasteiger partial charge on any atom is 0.136 e. The molecule has 0 N–H and O–H groups in total. The Bertz CT molecular complexity index is 201. The Balaban J connectivity index is 2.29. The zero-order valence-corrected chi connectivity index (χ0v) is 10.8. The third-order valence-electron chi connectivity index (χ3n) is 3.79.